The van der Waals surface area contributed by atoms with Gasteiger partial charge >= 0.3 is 5.97 Å². The molecular weight excluding hydrogens is 426 g/mol. The van der Waals surface area contributed by atoms with Crippen molar-refractivity contribution in [2.75, 3.05) is 62.4 Å². The smallest absolute Gasteiger partial charge is 0.339 e. The molecule has 0 unspecified atom stereocenters. The van der Waals surface area contributed by atoms with Crippen LogP contribution in [0.5, 0.6) is 0 Å². The molecule has 164 valence electrons. The fourth-order valence-corrected chi connectivity index (χ4v) is 5.52. The number of esters is 1. The Morgan fingerprint density at radius 1 is 1.30 bits per heavy atom. The number of thioether (sulfide) groups is 1. The lowest BCUT2D eigenvalue weighted by Gasteiger charge is -2.38. The minimum absolute atomic E-state index is 0.0572. The maximum Gasteiger partial charge on any atom is 0.339 e. The number of carbonyl (C=O) groups is 2. The van der Waals surface area contributed by atoms with Crippen LogP contribution in [0.4, 0.5) is 5.82 Å². The number of piperazine rings is 1. The summed E-state index contributed by atoms with van der Waals surface area (Å²) in [7, 11) is 0. The summed E-state index contributed by atoms with van der Waals surface area (Å²) in [5.41, 5.74) is 0.369. The topological polar surface area (TPSA) is 78.0 Å². The van der Waals surface area contributed by atoms with Crippen LogP contribution >= 0.6 is 23.4 Å². The van der Waals surface area contributed by atoms with E-state index in [1.165, 1.54) is 6.20 Å². The molecule has 10 heteroatoms. The van der Waals surface area contributed by atoms with Crippen LogP contribution in [0.25, 0.3) is 0 Å². The molecule has 3 saturated heterocycles. The minimum Gasteiger partial charge on any atom is -0.462 e. The van der Waals surface area contributed by atoms with Gasteiger partial charge in [0.15, 0.2) is 0 Å². The molecular formula is C20H28ClN5O3S. The molecule has 0 spiro atoms. The summed E-state index contributed by atoms with van der Waals surface area (Å²) in [6.45, 7) is 7.21. The molecule has 30 heavy (non-hydrogen) atoms. The molecule has 0 radical (unpaired) electrons. The first-order valence-electron chi connectivity index (χ1n) is 10.5. The zero-order valence-electron chi connectivity index (χ0n) is 17.2. The summed E-state index contributed by atoms with van der Waals surface area (Å²) in [5.74, 6) is 2.41. The first kappa shape index (κ1) is 21.7. The lowest BCUT2D eigenvalue weighted by molar-refractivity contribution is -0.131. The first-order chi connectivity index (χ1) is 14.6. The van der Waals surface area contributed by atoms with Gasteiger partial charge in [0.25, 0.3) is 0 Å². The highest BCUT2D eigenvalue weighted by Gasteiger charge is 2.36. The van der Waals surface area contributed by atoms with Gasteiger partial charge in [0, 0.05) is 57.3 Å². The van der Waals surface area contributed by atoms with E-state index in [9.17, 15) is 9.59 Å². The van der Waals surface area contributed by atoms with E-state index >= 15 is 0 Å². The van der Waals surface area contributed by atoms with E-state index in [0.29, 0.717) is 29.1 Å². The van der Waals surface area contributed by atoms with E-state index in [0.717, 1.165) is 57.3 Å². The molecule has 2 atom stereocenters. The largest absolute Gasteiger partial charge is 0.462 e. The number of nitrogens with one attached hydrogen (secondary N) is 1. The Balaban J connectivity index is 1.30. The van der Waals surface area contributed by atoms with Crippen LogP contribution in [-0.2, 0) is 9.53 Å². The number of rotatable bonds is 5. The van der Waals surface area contributed by atoms with E-state index in [4.69, 9.17) is 16.3 Å². The van der Waals surface area contributed by atoms with Gasteiger partial charge in [0.1, 0.15) is 5.82 Å². The predicted octanol–water partition coefficient (Wildman–Crippen LogP) is 1.30. The Morgan fingerprint density at radius 3 is 2.77 bits per heavy atom. The summed E-state index contributed by atoms with van der Waals surface area (Å²) in [6, 6.07) is 1.95. The highest BCUT2D eigenvalue weighted by atomic mass is 35.5. The molecule has 1 aromatic heterocycles. The second-order valence-electron chi connectivity index (χ2n) is 7.76. The second-order valence-corrected chi connectivity index (χ2v) is 9.24. The highest BCUT2D eigenvalue weighted by molar-refractivity contribution is 7.99. The average molecular weight is 454 g/mol. The number of pyridine rings is 1. The third-order valence-electron chi connectivity index (χ3n) is 5.93. The average Bonchev–Trinajstić information content (AvgIpc) is 3.46. The molecule has 0 aliphatic carbocycles. The van der Waals surface area contributed by atoms with Gasteiger partial charge in [0.05, 0.1) is 29.1 Å². The Morgan fingerprint density at radius 2 is 2.10 bits per heavy atom. The fourth-order valence-electron chi connectivity index (χ4n) is 4.28. The van der Waals surface area contributed by atoms with Gasteiger partial charge in [-0.25, -0.2) is 9.78 Å². The molecule has 3 aliphatic heterocycles. The van der Waals surface area contributed by atoms with Crippen LogP contribution in [0.2, 0.25) is 5.02 Å². The maximum absolute atomic E-state index is 12.6. The third-order valence-corrected chi connectivity index (χ3v) is 7.18. The molecule has 0 bridgehead atoms. The number of anilines is 1. The Kier molecular flexibility index (Phi) is 7.02. The van der Waals surface area contributed by atoms with Gasteiger partial charge in [-0.2, -0.15) is 0 Å². The quantitative estimate of drug-likeness (QED) is 0.668. The summed E-state index contributed by atoms with van der Waals surface area (Å²) < 4.78 is 5.01. The van der Waals surface area contributed by atoms with Crippen LogP contribution in [0.1, 0.15) is 23.7 Å². The lowest BCUT2D eigenvalue weighted by atomic mass is 10.1. The van der Waals surface area contributed by atoms with Gasteiger partial charge in [-0.3, -0.25) is 9.69 Å². The zero-order valence-corrected chi connectivity index (χ0v) is 18.8. The summed E-state index contributed by atoms with van der Waals surface area (Å²) >= 11 is 8.23. The number of hydrogen-bond donors (Lipinski definition) is 1. The number of carbonyl (C=O) groups excluding carboxylic acids is 2. The Labute approximate surface area is 186 Å². The number of amides is 1. The van der Waals surface area contributed by atoms with Crippen LogP contribution in [0, 0.1) is 0 Å². The number of hydrogen-bond acceptors (Lipinski definition) is 8. The summed E-state index contributed by atoms with van der Waals surface area (Å²) in [5, 5.41) is 3.89. The lowest BCUT2D eigenvalue weighted by Crippen LogP contribution is -2.51. The SMILES string of the molecule is CCOC(=O)c1cnc(N2CCN([C@@H]3CN[C@H](C(=O)N4CCSC4)C3)CC2)c(Cl)c1. The van der Waals surface area contributed by atoms with E-state index in [1.807, 2.05) is 16.7 Å². The fraction of sp³-hybridized carbons (Fsp3) is 0.650. The van der Waals surface area contributed by atoms with Crippen molar-refractivity contribution in [3.63, 3.8) is 0 Å². The van der Waals surface area contributed by atoms with Crippen LogP contribution in [0.15, 0.2) is 12.3 Å². The van der Waals surface area contributed by atoms with Crippen molar-refractivity contribution < 1.29 is 14.3 Å². The number of halogens is 1. The minimum atomic E-state index is -0.409. The Hall–Kier alpha value is -1.55. The molecule has 4 rings (SSSR count). The summed E-state index contributed by atoms with van der Waals surface area (Å²) in [6.07, 6.45) is 2.40. The molecule has 1 amide bonds. The van der Waals surface area contributed by atoms with E-state index in [1.54, 1.807) is 13.0 Å². The predicted molar refractivity (Wildman–Crippen MR) is 118 cm³/mol. The number of nitrogens with zero attached hydrogens (tertiary/aromatic N) is 4. The zero-order chi connectivity index (χ0) is 21.1. The first-order valence-corrected chi connectivity index (χ1v) is 12.0. The molecule has 0 aromatic carbocycles. The number of aromatic nitrogens is 1. The van der Waals surface area contributed by atoms with Gasteiger partial charge in [-0.15, -0.1) is 11.8 Å². The van der Waals surface area contributed by atoms with Gasteiger partial charge in [0.2, 0.25) is 5.91 Å². The van der Waals surface area contributed by atoms with Gasteiger partial charge in [-0.1, -0.05) is 11.6 Å². The van der Waals surface area contributed by atoms with Crippen molar-refractivity contribution in [3.05, 3.63) is 22.8 Å². The van der Waals surface area contributed by atoms with Crippen molar-refractivity contribution in [3.8, 4) is 0 Å². The highest BCUT2D eigenvalue weighted by Crippen LogP contribution is 2.27. The van der Waals surface area contributed by atoms with Gasteiger partial charge < -0.3 is 19.9 Å². The molecule has 4 heterocycles. The molecule has 1 aromatic rings. The van der Waals surface area contributed by atoms with E-state index in [-0.39, 0.29) is 11.9 Å². The van der Waals surface area contributed by atoms with E-state index < -0.39 is 5.97 Å². The van der Waals surface area contributed by atoms with Crippen molar-refractivity contribution >= 4 is 41.1 Å². The van der Waals surface area contributed by atoms with E-state index in [2.05, 4.69) is 20.1 Å². The molecule has 1 N–H and O–H groups in total. The molecule has 8 nitrogen and oxygen atoms in total. The van der Waals surface area contributed by atoms with Crippen molar-refractivity contribution in [2.24, 2.45) is 0 Å². The summed E-state index contributed by atoms with van der Waals surface area (Å²) in [4.78, 5) is 35.5. The molecule has 3 fully saturated rings. The normalized spacial score (nSPS) is 25.0. The Bertz CT molecular complexity index is 784. The molecule has 0 saturated carbocycles. The third kappa shape index (κ3) is 4.69. The molecule has 3 aliphatic rings. The van der Waals surface area contributed by atoms with Crippen molar-refractivity contribution in [1.29, 1.82) is 0 Å². The van der Waals surface area contributed by atoms with Crippen molar-refractivity contribution in [2.45, 2.75) is 25.4 Å². The van der Waals surface area contributed by atoms with Crippen LogP contribution in [-0.4, -0.2) is 96.2 Å². The number of ether oxygens (including phenoxy) is 1. The second kappa shape index (κ2) is 9.72. The van der Waals surface area contributed by atoms with Crippen LogP contribution in [0.3, 0.4) is 0 Å². The van der Waals surface area contributed by atoms with Crippen molar-refractivity contribution in [1.82, 2.24) is 20.1 Å². The maximum atomic E-state index is 12.6. The van der Waals surface area contributed by atoms with Gasteiger partial charge in [-0.05, 0) is 19.4 Å². The van der Waals surface area contributed by atoms with Crippen LogP contribution < -0.4 is 10.2 Å². The standard InChI is InChI=1S/C20H28ClN5O3S/c1-2-29-20(28)14-9-16(21)18(23-11-14)25-5-3-24(4-6-25)15-10-17(22-12-15)19(27)26-7-8-30-13-26/h9,11,15,17,22H,2-8,10,12-13H2,1H3/t15-,17-/m0/s1. The monoisotopic (exact) mass is 453 g/mol.